The summed E-state index contributed by atoms with van der Waals surface area (Å²) in [6.07, 6.45) is 1.80. The summed E-state index contributed by atoms with van der Waals surface area (Å²) in [6, 6.07) is 0.768. The van der Waals surface area contributed by atoms with Crippen molar-refractivity contribution in [1.29, 1.82) is 0 Å². The van der Waals surface area contributed by atoms with E-state index in [1.165, 1.54) is 0 Å². The molecule has 1 rings (SSSR count). The molecular weight excluding hydrogens is 204 g/mol. The zero-order valence-corrected chi connectivity index (χ0v) is 10.6. The van der Waals surface area contributed by atoms with Crippen molar-refractivity contribution in [2.75, 3.05) is 32.9 Å². The monoisotopic (exact) mass is 230 g/mol. The van der Waals surface area contributed by atoms with Gasteiger partial charge in [0.05, 0.1) is 6.61 Å². The molecule has 0 aromatic heterocycles. The Kier molecular flexibility index (Phi) is 6.28. The topological polar surface area (TPSA) is 58.7 Å². The predicted octanol–water partition coefficient (Wildman–Crippen LogP) is 0.443. The van der Waals surface area contributed by atoms with Gasteiger partial charge in [0, 0.05) is 44.3 Å². The molecule has 0 bridgehead atoms. The molecule has 4 heteroatoms. The van der Waals surface area contributed by atoms with Gasteiger partial charge in [-0.3, -0.25) is 0 Å². The Morgan fingerprint density at radius 3 is 2.81 bits per heavy atom. The van der Waals surface area contributed by atoms with Crippen molar-refractivity contribution in [2.45, 2.75) is 38.8 Å². The first-order valence-electron chi connectivity index (χ1n) is 6.33. The van der Waals surface area contributed by atoms with Crippen LogP contribution in [-0.2, 0) is 4.74 Å². The van der Waals surface area contributed by atoms with Crippen LogP contribution in [0.1, 0.15) is 26.7 Å². The number of nitrogens with zero attached hydrogens (tertiary/aromatic N) is 1. The quantitative estimate of drug-likeness (QED) is 0.695. The maximum Gasteiger partial charge on any atom is 0.0521 e. The molecule has 96 valence electrons. The van der Waals surface area contributed by atoms with E-state index in [-0.39, 0.29) is 12.6 Å². The third-order valence-corrected chi connectivity index (χ3v) is 3.34. The van der Waals surface area contributed by atoms with E-state index in [1.54, 1.807) is 0 Å². The summed E-state index contributed by atoms with van der Waals surface area (Å²) in [5, 5.41) is 8.88. The molecule has 1 fully saturated rings. The molecule has 16 heavy (non-hydrogen) atoms. The maximum atomic E-state index is 8.88. The van der Waals surface area contributed by atoms with Crippen molar-refractivity contribution in [3.8, 4) is 0 Å². The molecular formula is C12H26N2O2. The van der Waals surface area contributed by atoms with E-state index in [1.807, 2.05) is 0 Å². The first-order valence-corrected chi connectivity index (χ1v) is 6.33. The van der Waals surface area contributed by atoms with E-state index in [4.69, 9.17) is 15.6 Å². The highest BCUT2D eigenvalue weighted by atomic mass is 16.5. The Bertz CT molecular complexity index is 188. The van der Waals surface area contributed by atoms with Crippen LogP contribution in [0.4, 0.5) is 0 Å². The van der Waals surface area contributed by atoms with Crippen molar-refractivity contribution in [3.63, 3.8) is 0 Å². The van der Waals surface area contributed by atoms with E-state index in [0.29, 0.717) is 12.0 Å². The molecule has 0 aliphatic carbocycles. The maximum absolute atomic E-state index is 8.88. The highest BCUT2D eigenvalue weighted by Crippen LogP contribution is 2.15. The molecule has 1 aliphatic rings. The Labute approximate surface area is 98.8 Å². The molecule has 1 saturated heterocycles. The second-order valence-corrected chi connectivity index (χ2v) is 4.95. The molecule has 2 atom stereocenters. The fraction of sp³-hybridized carbons (Fsp3) is 1.00. The lowest BCUT2D eigenvalue weighted by Gasteiger charge is -2.35. The van der Waals surface area contributed by atoms with E-state index >= 15 is 0 Å². The summed E-state index contributed by atoms with van der Waals surface area (Å²) in [7, 11) is 0. The van der Waals surface area contributed by atoms with Gasteiger partial charge in [0.15, 0.2) is 0 Å². The highest BCUT2D eigenvalue weighted by Gasteiger charge is 2.25. The van der Waals surface area contributed by atoms with Gasteiger partial charge in [-0.2, -0.15) is 0 Å². The van der Waals surface area contributed by atoms with Gasteiger partial charge in [-0.25, -0.2) is 0 Å². The standard InChI is InChI=1S/C12H26N2O2/c1-10(2)14(5-3-6-15)8-11-9-16-7-4-12(11)13/h10-12,15H,3-9,13H2,1-2H3. The van der Waals surface area contributed by atoms with Crippen molar-refractivity contribution >= 4 is 0 Å². The number of aliphatic hydroxyl groups is 1. The minimum atomic E-state index is 0.260. The number of rotatable bonds is 6. The van der Waals surface area contributed by atoms with Gasteiger partial charge in [0.2, 0.25) is 0 Å². The summed E-state index contributed by atoms with van der Waals surface area (Å²) >= 11 is 0. The lowest BCUT2D eigenvalue weighted by Crippen LogP contribution is -2.47. The zero-order valence-electron chi connectivity index (χ0n) is 10.6. The van der Waals surface area contributed by atoms with Crippen LogP contribution in [0.5, 0.6) is 0 Å². The zero-order chi connectivity index (χ0) is 12.0. The molecule has 0 amide bonds. The van der Waals surface area contributed by atoms with Crippen molar-refractivity contribution < 1.29 is 9.84 Å². The first kappa shape index (κ1) is 13.9. The van der Waals surface area contributed by atoms with Crippen LogP contribution < -0.4 is 5.73 Å². The van der Waals surface area contributed by atoms with Crippen LogP contribution in [0, 0.1) is 5.92 Å². The van der Waals surface area contributed by atoms with Gasteiger partial charge < -0.3 is 20.5 Å². The second kappa shape index (κ2) is 7.22. The van der Waals surface area contributed by atoms with Crippen molar-refractivity contribution in [2.24, 2.45) is 11.7 Å². The third-order valence-electron chi connectivity index (χ3n) is 3.34. The Morgan fingerprint density at radius 2 is 2.25 bits per heavy atom. The minimum absolute atomic E-state index is 0.260. The van der Waals surface area contributed by atoms with Crippen LogP contribution in [0.15, 0.2) is 0 Å². The van der Waals surface area contributed by atoms with E-state index in [9.17, 15) is 0 Å². The molecule has 0 spiro atoms. The van der Waals surface area contributed by atoms with Gasteiger partial charge >= 0.3 is 0 Å². The fourth-order valence-corrected chi connectivity index (χ4v) is 2.14. The smallest absolute Gasteiger partial charge is 0.0521 e. The first-order chi connectivity index (χ1) is 7.65. The third kappa shape index (κ3) is 4.37. The van der Waals surface area contributed by atoms with Crippen LogP contribution in [-0.4, -0.2) is 55.0 Å². The molecule has 0 aromatic carbocycles. The lowest BCUT2D eigenvalue weighted by atomic mass is 9.95. The van der Waals surface area contributed by atoms with Gasteiger partial charge in [-0.05, 0) is 26.7 Å². The molecule has 0 radical (unpaired) electrons. The van der Waals surface area contributed by atoms with Crippen LogP contribution in [0.3, 0.4) is 0 Å². The average molecular weight is 230 g/mol. The number of hydrogen-bond acceptors (Lipinski definition) is 4. The summed E-state index contributed by atoms with van der Waals surface area (Å²) in [5.41, 5.74) is 6.10. The SMILES string of the molecule is CC(C)N(CCCO)CC1COCCC1N. The van der Waals surface area contributed by atoms with Crippen LogP contribution >= 0.6 is 0 Å². The van der Waals surface area contributed by atoms with Crippen molar-refractivity contribution in [3.05, 3.63) is 0 Å². The van der Waals surface area contributed by atoms with Gasteiger partial charge in [-0.15, -0.1) is 0 Å². The van der Waals surface area contributed by atoms with Gasteiger partial charge in [-0.1, -0.05) is 0 Å². The van der Waals surface area contributed by atoms with Crippen LogP contribution in [0.2, 0.25) is 0 Å². The van der Waals surface area contributed by atoms with Gasteiger partial charge in [0.25, 0.3) is 0 Å². The number of ether oxygens (including phenoxy) is 1. The average Bonchev–Trinajstić information content (AvgIpc) is 2.26. The molecule has 4 nitrogen and oxygen atoms in total. The molecule has 1 heterocycles. The highest BCUT2D eigenvalue weighted by molar-refractivity contribution is 4.80. The summed E-state index contributed by atoms with van der Waals surface area (Å²) in [4.78, 5) is 2.38. The van der Waals surface area contributed by atoms with E-state index < -0.39 is 0 Å². The van der Waals surface area contributed by atoms with Crippen LogP contribution in [0.25, 0.3) is 0 Å². The predicted molar refractivity (Wildman–Crippen MR) is 65.3 cm³/mol. The normalized spacial score (nSPS) is 26.6. The number of nitrogens with two attached hydrogens (primary N) is 1. The molecule has 0 aromatic rings. The van der Waals surface area contributed by atoms with E-state index in [2.05, 4.69) is 18.7 Å². The van der Waals surface area contributed by atoms with E-state index in [0.717, 1.165) is 39.1 Å². The second-order valence-electron chi connectivity index (χ2n) is 4.95. The molecule has 1 aliphatic heterocycles. The molecule has 2 unspecified atom stereocenters. The Hall–Kier alpha value is -0.160. The molecule has 3 N–H and O–H groups in total. The Balaban J connectivity index is 2.39. The summed E-state index contributed by atoms with van der Waals surface area (Å²) < 4.78 is 5.48. The fourth-order valence-electron chi connectivity index (χ4n) is 2.14. The number of hydrogen-bond donors (Lipinski definition) is 2. The lowest BCUT2D eigenvalue weighted by molar-refractivity contribution is 0.0205. The summed E-state index contributed by atoms with van der Waals surface area (Å²) in [6.45, 7) is 8.14. The largest absolute Gasteiger partial charge is 0.396 e. The summed E-state index contributed by atoms with van der Waals surface area (Å²) in [5.74, 6) is 0.440. The van der Waals surface area contributed by atoms with Gasteiger partial charge in [0.1, 0.15) is 0 Å². The minimum Gasteiger partial charge on any atom is -0.396 e. The molecule has 0 saturated carbocycles. The van der Waals surface area contributed by atoms with Crippen molar-refractivity contribution in [1.82, 2.24) is 4.90 Å². The number of aliphatic hydroxyl groups excluding tert-OH is 1. The Morgan fingerprint density at radius 1 is 1.50 bits per heavy atom.